The molecule has 2 bridgehead atoms. The second kappa shape index (κ2) is 4.28. The molecular formula is C10H16N2OS. The van der Waals surface area contributed by atoms with E-state index in [9.17, 15) is 0 Å². The van der Waals surface area contributed by atoms with Gasteiger partial charge < -0.3 is 15.7 Å². The van der Waals surface area contributed by atoms with Crippen LogP contribution >= 0.6 is 12.2 Å². The summed E-state index contributed by atoms with van der Waals surface area (Å²) in [4.78, 5) is 0. The van der Waals surface area contributed by atoms with Gasteiger partial charge in [-0.15, -0.1) is 0 Å². The number of fused-ring (bicyclic) bond motifs is 2. The zero-order chi connectivity index (χ0) is 9.97. The van der Waals surface area contributed by atoms with E-state index in [4.69, 9.17) is 17.3 Å². The van der Waals surface area contributed by atoms with Gasteiger partial charge in [0, 0.05) is 12.6 Å². The maximum atomic E-state index is 8.62. The van der Waals surface area contributed by atoms with Crippen molar-refractivity contribution < 1.29 is 5.11 Å². The lowest BCUT2D eigenvalue weighted by Crippen LogP contribution is -2.44. The third-order valence-electron chi connectivity index (χ3n) is 2.99. The Morgan fingerprint density at radius 3 is 2.86 bits per heavy atom. The number of rotatable bonds is 3. The molecule has 0 aromatic rings. The smallest absolute Gasteiger partial charge is 0.166 e. The Kier molecular flexibility index (Phi) is 3.03. The largest absolute Gasteiger partial charge is 0.395 e. The van der Waals surface area contributed by atoms with Gasteiger partial charge in [-0.3, -0.25) is 0 Å². The zero-order valence-electron chi connectivity index (χ0n) is 8.07. The highest BCUT2D eigenvalue weighted by Gasteiger charge is 2.35. The summed E-state index contributed by atoms with van der Waals surface area (Å²) in [7, 11) is 0. The summed E-state index contributed by atoms with van der Waals surface area (Å²) < 4.78 is 0. The fraction of sp³-hybridized carbons (Fsp3) is 0.700. The van der Waals surface area contributed by atoms with Crippen LogP contribution in [0.15, 0.2) is 12.2 Å². The number of hydrogen-bond donors (Lipinski definition) is 3. The Balaban J connectivity index is 1.76. The van der Waals surface area contributed by atoms with Crippen molar-refractivity contribution in [1.29, 1.82) is 0 Å². The fourth-order valence-corrected chi connectivity index (χ4v) is 2.59. The number of aliphatic hydroxyl groups excluding tert-OH is 1. The van der Waals surface area contributed by atoms with Crippen molar-refractivity contribution in [3.63, 3.8) is 0 Å². The Morgan fingerprint density at radius 1 is 1.43 bits per heavy atom. The van der Waals surface area contributed by atoms with Crippen LogP contribution in [0.3, 0.4) is 0 Å². The number of thiocarbonyl (C=S) groups is 1. The second-order valence-corrected chi connectivity index (χ2v) is 4.42. The molecule has 0 heterocycles. The molecule has 3 N–H and O–H groups in total. The van der Waals surface area contributed by atoms with Crippen molar-refractivity contribution in [2.75, 3.05) is 13.2 Å². The average Bonchev–Trinajstić information content (AvgIpc) is 2.76. The first-order valence-electron chi connectivity index (χ1n) is 5.13. The van der Waals surface area contributed by atoms with Gasteiger partial charge in [0.05, 0.1) is 6.61 Å². The first-order valence-corrected chi connectivity index (χ1v) is 5.54. The standard InChI is InChI=1S/C10H16N2OS/c13-4-3-11-10(14)12-9-6-7-1-2-8(9)5-7/h1-2,7-9,13H,3-6H2,(H2,11,12,14)/t7-,8+,9+/m1/s1. The van der Waals surface area contributed by atoms with Crippen LogP contribution in [0.5, 0.6) is 0 Å². The van der Waals surface area contributed by atoms with Gasteiger partial charge in [0.2, 0.25) is 0 Å². The van der Waals surface area contributed by atoms with E-state index in [1.165, 1.54) is 12.8 Å². The summed E-state index contributed by atoms with van der Waals surface area (Å²) in [5, 5.41) is 15.6. The lowest BCUT2D eigenvalue weighted by atomic mass is 10.0. The van der Waals surface area contributed by atoms with E-state index in [1.807, 2.05) is 0 Å². The first-order chi connectivity index (χ1) is 6.79. The number of aliphatic hydroxyl groups is 1. The van der Waals surface area contributed by atoms with Gasteiger partial charge in [-0.25, -0.2) is 0 Å². The predicted octanol–water partition coefficient (Wildman–Crippen LogP) is 0.407. The molecule has 2 aliphatic rings. The van der Waals surface area contributed by atoms with Gasteiger partial charge >= 0.3 is 0 Å². The average molecular weight is 212 g/mol. The molecule has 2 aliphatic carbocycles. The molecule has 78 valence electrons. The molecule has 0 radical (unpaired) electrons. The second-order valence-electron chi connectivity index (χ2n) is 4.01. The molecule has 2 rings (SSSR count). The van der Waals surface area contributed by atoms with Crippen LogP contribution in [0.4, 0.5) is 0 Å². The van der Waals surface area contributed by atoms with Crippen LogP contribution < -0.4 is 10.6 Å². The van der Waals surface area contributed by atoms with Crippen LogP contribution in [0.1, 0.15) is 12.8 Å². The minimum absolute atomic E-state index is 0.123. The molecule has 14 heavy (non-hydrogen) atoms. The number of nitrogens with one attached hydrogen (secondary N) is 2. The maximum Gasteiger partial charge on any atom is 0.166 e. The molecule has 4 heteroatoms. The Bertz CT molecular complexity index is 255. The normalized spacial score (nSPS) is 33.4. The molecule has 1 saturated carbocycles. The molecule has 0 amide bonds. The third kappa shape index (κ3) is 2.07. The Hall–Kier alpha value is -0.610. The van der Waals surface area contributed by atoms with Crippen LogP contribution in [0.2, 0.25) is 0 Å². The summed E-state index contributed by atoms with van der Waals surface area (Å²) in [6.45, 7) is 0.654. The maximum absolute atomic E-state index is 8.62. The minimum atomic E-state index is 0.123. The van der Waals surface area contributed by atoms with E-state index in [0.29, 0.717) is 23.6 Å². The van der Waals surface area contributed by atoms with E-state index < -0.39 is 0 Å². The fourth-order valence-electron chi connectivity index (χ4n) is 2.34. The molecule has 3 atom stereocenters. The highest BCUT2D eigenvalue weighted by Crippen LogP contribution is 2.38. The van der Waals surface area contributed by atoms with Gasteiger partial charge in [-0.05, 0) is 36.9 Å². The number of allylic oxidation sites excluding steroid dienone is 1. The molecule has 1 fully saturated rings. The van der Waals surface area contributed by atoms with Gasteiger partial charge in [-0.1, -0.05) is 12.2 Å². The van der Waals surface area contributed by atoms with Crippen molar-refractivity contribution in [3.05, 3.63) is 12.2 Å². The summed E-state index contributed by atoms with van der Waals surface area (Å²) in [6, 6.07) is 0.503. The van der Waals surface area contributed by atoms with Crippen molar-refractivity contribution in [1.82, 2.24) is 10.6 Å². The van der Waals surface area contributed by atoms with Crippen LogP contribution in [0, 0.1) is 11.8 Å². The summed E-state index contributed by atoms with van der Waals surface area (Å²) in [5.41, 5.74) is 0. The monoisotopic (exact) mass is 212 g/mol. The molecule has 0 spiro atoms. The summed E-state index contributed by atoms with van der Waals surface area (Å²) in [6.07, 6.45) is 7.08. The molecule has 0 aliphatic heterocycles. The van der Waals surface area contributed by atoms with Crippen molar-refractivity contribution >= 4 is 17.3 Å². The number of hydrogen-bond acceptors (Lipinski definition) is 2. The van der Waals surface area contributed by atoms with Crippen molar-refractivity contribution in [3.8, 4) is 0 Å². The zero-order valence-corrected chi connectivity index (χ0v) is 8.89. The van der Waals surface area contributed by atoms with E-state index >= 15 is 0 Å². The summed E-state index contributed by atoms with van der Waals surface area (Å²) in [5.74, 6) is 1.42. The highest BCUT2D eigenvalue weighted by molar-refractivity contribution is 7.80. The van der Waals surface area contributed by atoms with Crippen LogP contribution in [-0.4, -0.2) is 29.4 Å². The minimum Gasteiger partial charge on any atom is -0.395 e. The molecule has 0 saturated heterocycles. The topological polar surface area (TPSA) is 44.3 Å². The van der Waals surface area contributed by atoms with E-state index in [-0.39, 0.29) is 6.61 Å². The van der Waals surface area contributed by atoms with Gasteiger partial charge in [-0.2, -0.15) is 0 Å². The summed E-state index contributed by atoms with van der Waals surface area (Å²) >= 11 is 5.11. The SMILES string of the molecule is OCCNC(=S)N[C@H]1C[C@@H]2C=C[C@H]1C2. The van der Waals surface area contributed by atoms with Gasteiger partial charge in [0.25, 0.3) is 0 Å². The molecule has 0 unspecified atom stereocenters. The van der Waals surface area contributed by atoms with E-state index in [1.54, 1.807) is 0 Å². The molecule has 0 aromatic heterocycles. The molecule has 3 nitrogen and oxygen atoms in total. The van der Waals surface area contributed by atoms with Crippen LogP contribution in [0.25, 0.3) is 0 Å². The Labute approximate surface area is 89.6 Å². The molecule has 0 aromatic carbocycles. The molecular weight excluding hydrogens is 196 g/mol. The lowest BCUT2D eigenvalue weighted by molar-refractivity contribution is 0.300. The highest BCUT2D eigenvalue weighted by atomic mass is 32.1. The van der Waals surface area contributed by atoms with E-state index in [2.05, 4.69) is 22.8 Å². The van der Waals surface area contributed by atoms with Crippen molar-refractivity contribution in [2.24, 2.45) is 11.8 Å². The predicted molar refractivity (Wildman–Crippen MR) is 60.0 cm³/mol. The third-order valence-corrected chi connectivity index (χ3v) is 3.25. The Morgan fingerprint density at radius 2 is 2.29 bits per heavy atom. The van der Waals surface area contributed by atoms with E-state index in [0.717, 1.165) is 5.92 Å². The van der Waals surface area contributed by atoms with Gasteiger partial charge in [0.15, 0.2) is 5.11 Å². The lowest BCUT2D eigenvalue weighted by Gasteiger charge is -2.21. The quantitative estimate of drug-likeness (QED) is 0.468. The van der Waals surface area contributed by atoms with Crippen molar-refractivity contribution in [2.45, 2.75) is 18.9 Å². The van der Waals surface area contributed by atoms with Crippen LogP contribution in [-0.2, 0) is 0 Å². The van der Waals surface area contributed by atoms with Gasteiger partial charge in [0.1, 0.15) is 0 Å². The first kappa shape index (κ1) is 9.93.